The Morgan fingerprint density at radius 1 is 0.484 bits per heavy atom. The minimum Gasteiger partial charge on any atom is -0.225 e. The maximum Gasteiger partial charge on any atom is 0.0983 e. The summed E-state index contributed by atoms with van der Waals surface area (Å²) in [5.41, 5.74) is 0. The molecule has 0 N–H and O–H groups in total. The van der Waals surface area contributed by atoms with E-state index in [0.717, 1.165) is 0 Å². The topological polar surface area (TPSA) is 3.24 Å². The predicted octanol–water partition coefficient (Wildman–Crippen LogP) is 6.36. The van der Waals surface area contributed by atoms with E-state index in [-0.39, 0.29) is 0 Å². The highest BCUT2D eigenvalue weighted by Gasteiger charge is 2.40. The fraction of sp³-hybridized carbons (Fsp3) is 0.111. The average molecular weight is 462 g/mol. The third-order valence-corrected chi connectivity index (χ3v) is 11.2. The molecule has 0 unspecified atom stereocenters. The van der Waals surface area contributed by atoms with Gasteiger partial charge in [0.25, 0.3) is 0 Å². The Morgan fingerprint density at radius 2 is 0.710 bits per heavy atom. The summed E-state index contributed by atoms with van der Waals surface area (Å²) in [6, 6.07) is 43.2. The van der Waals surface area contributed by atoms with Gasteiger partial charge in [0.05, 0.1) is 5.00 Å². The standard InChI is InChI=1S/C27H26ClNP2/c1-27(2,28)29(30(23-15-7-3-8-16-23)24-17-9-4-10-18-24)31(25-19-11-5-12-20-25)26-21-13-6-14-22-26/h3-22H,1-2H3. The zero-order valence-electron chi connectivity index (χ0n) is 17.8. The number of halogens is 1. The van der Waals surface area contributed by atoms with Crippen molar-refractivity contribution in [3.8, 4) is 0 Å². The van der Waals surface area contributed by atoms with Crippen LogP contribution in [0.4, 0.5) is 0 Å². The summed E-state index contributed by atoms with van der Waals surface area (Å²) in [7, 11) is -1.72. The smallest absolute Gasteiger partial charge is 0.0983 e. The second-order valence-corrected chi connectivity index (χ2v) is 13.0. The minimum absolute atomic E-state index is 0.561. The van der Waals surface area contributed by atoms with E-state index in [4.69, 9.17) is 11.6 Å². The number of nitrogens with zero attached hydrogens (tertiary/aromatic N) is 1. The molecule has 0 aliphatic carbocycles. The first-order chi connectivity index (χ1) is 15.1. The van der Waals surface area contributed by atoms with E-state index in [2.05, 4.69) is 140 Å². The van der Waals surface area contributed by atoms with Gasteiger partial charge in [0.2, 0.25) is 0 Å². The Bertz CT molecular complexity index is 906. The fourth-order valence-electron chi connectivity index (χ4n) is 3.58. The normalized spacial score (nSPS) is 11.9. The first-order valence-corrected chi connectivity index (χ1v) is 13.3. The molecule has 0 fully saturated rings. The van der Waals surface area contributed by atoms with Crippen molar-refractivity contribution in [1.82, 2.24) is 4.44 Å². The van der Waals surface area contributed by atoms with Crippen molar-refractivity contribution in [2.45, 2.75) is 18.8 Å². The summed E-state index contributed by atoms with van der Waals surface area (Å²) in [5, 5.41) is 5.21. The average Bonchev–Trinajstić information content (AvgIpc) is 2.81. The Labute approximate surface area is 193 Å². The van der Waals surface area contributed by atoms with Gasteiger partial charge in [-0.3, -0.25) is 0 Å². The zero-order valence-corrected chi connectivity index (χ0v) is 20.3. The van der Waals surface area contributed by atoms with E-state index >= 15 is 0 Å². The molecule has 0 amide bonds. The van der Waals surface area contributed by atoms with E-state index in [1.54, 1.807) is 0 Å². The molecule has 31 heavy (non-hydrogen) atoms. The van der Waals surface area contributed by atoms with Gasteiger partial charge in [0.1, 0.15) is 0 Å². The monoisotopic (exact) mass is 461 g/mol. The molecule has 0 spiro atoms. The van der Waals surface area contributed by atoms with Gasteiger partial charge in [-0.2, -0.15) is 0 Å². The van der Waals surface area contributed by atoms with Crippen LogP contribution >= 0.6 is 27.7 Å². The van der Waals surface area contributed by atoms with Crippen LogP contribution in [0.5, 0.6) is 0 Å². The lowest BCUT2D eigenvalue weighted by atomic mass is 10.4. The van der Waals surface area contributed by atoms with Gasteiger partial charge in [0.15, 0.2) is 0 Å². The second-order valence-electron chi connectivity index (χ2n) is 7.66. The molecule has 0 heterocycles. The molecule has 0 bridgehead atoms. The van der Waals surface area contributed by atoms with Crippen LogP contribution in [0.25, 0.3) is 0 Å². The first kappa shape index (κ1) is 22.2. The number of alkyl halides is 1. The lowest BCUT2D eigenvalue weighted by Crippen LogP contribution is -2.41. The highest BCUT2D eigenvalue weighted by Crippen LogP contribution is 2.59. The molecule has 0 saturated carbocycles. The van der Waals surface area contributed by atoms with Crippen molar-refractivity contribution in [2.24, 2.45) is 0 Å². The van der Waals surface area contributed by atoms with Crippen LogP contribution in [0.3, 0.4) is 0 Å². The second kappa shape index (κ2) is 10.1. The van der Waals surface area contributed by atoms with Crippen molar-refractivity contribution >= 4 is 49.0 Å². The van der Waals surface area contributed by atoms with E-state index in [1.165, 1.54) is 21.2 Å². The van der Waals surface area contributed by atoms with Crippen LogP contribution in [-0.4, -0.2) is 9.44 Å². The van der Waals surface area contributed by atoms with Crippen molar-refractivity contribution < 1.29 is 0 Å². The molecule has 4 rings (SSSR count). The molecule has 0 aliphatic rings. The van der Waals surface area contributed by atoms with Crippen LogP contribution in [-0.2, 0) is 0 Å². The summed E-state index contributed by atoms with van der Waals surface area (Å²) in [4.78, 5) is -0.561. The van der Waals surface area contributed by atoms with Crippen LogP contribution in [0.1, 0.15) is 13.8 Å². The molecule has 4 heteroatoms. The summed E-state index contributed by atoms with van der Waals surface area (Å²) < 4.78 is 2.56. The molecule has 1 nitrogen and oxygen atoms in total. The van der Waals surface area contributed by atoms with Gasteiger partial charge in [0, 0.05) is 16.1 Å². The van der Waals surface area contributed by atoms with Gasteiger partial charge >= 0.3 is 0 Å². The van der Waals surface area contributed by atoms with Crippen LogP contribution in [0.15, 0.2) is 121 Å². The van der Waals surface area contributed by atoms with Crippen molar-refractivity contribution in [3.05, 3.63) is 121 Å². The molecular weight excluding hydrogens is 436 g/mol. The number of rotatable bonds is 7. The number of benzene rings is 4. The van der Waals surface area contributed by atoms with Crippen LogP contribution < -0.4 is 21.2 Å². The van der Waals surface area contributed by atoms with E-state index < -0.39 is 21.1 Å². The summed E-state index contributed by atoms with van der Waals surface area (Å²) >= 11 is 7.25. The van der Waals surface area contributed by atoms with Crippen molar-refractivity contribution in [2.75, 3.05) is 0 Å². The number of hydrogen-bond donors (Lipinski definition) is 0. The molecule has 0 aliphatic heterocycles. The van der Waals surface area contributed by atoms with Gasteiger partial charge in [-0.15, -0.1) is 11.6 Å². The lowest BCUT2D eigenvalue weighted by molar-refractivity contribution is 0.515. The van der Waals surface area contributed by atoms with Crippen LogP contribution in [0, 0.1) is 0 Å². The zero-order chi connectivity index (χ0) is 21.7. The number of hydrogen-bond acceptors (Lipinski definition) is 1. The maximum atomic E-state index is 7.25. The lowest BCUT2D eigenvalue weighted by Gasteiger charge is -2.45. The van der Waals surface area contributed by atoms with Gasteiger partial charge in [-0.05, 0) is 35.1 Å². The SMILES string of the molecule is CC(C)(Cl)N(P(c1ccccc1)c1ccccc1)P(c1ccccc1)c1ccccc1. The van der Waals surface area contributed by atoms with E-state index in [0.29, 0.717) is 0 Å². The van der Waals surface area contributed by atoms with Gasteiger partial charge < -0.3 is 0 Å². The summed E-state index contributed by atoms with van der Waals surface area (Å²) in [5.74, 6) is 0. The quantitative estimate of drug-likeness (QED) is 0.176. The molecular formula is C27H26ClNP2. The molecule has 156 valence electrons. The van der Waals surface area contributed by atoms with Crippen molar-refractivity contribution in [3.63, 3.8) is 0 Å². The van der Waals surface area contributed by atoms with Crippen molar-refractivity contribution in [1.29, 1.82) is 0 Å². The Kier molecular flexibility index (Phi) is 7.21. The third-order valence-electron chi connectivity index (χ3n) is 4.86. The fourth-order valence-corrected chi connectivity index (χ4v) is 10.2. The third kappa shape index (κ3) is 5.25. The van der Waals surface area contributed by atoms with Crippen LogP contribution in [0.2, 0.25) is 0 Å². The van der Waals surface area contributed by atoms with E-state index in [9.17, 15) is 0 Å². The highest BCUT2D eigenvalue weighted by molar-refractivity contribution is 7.84. The molecule has 0 saturated heterocycles. The summed E-state index contributed by atoms with van der Waals surface area (Å²) in [6.45, 7) is 4.24. The predicted molar refractivity (Wildman–Crippen MR) is 140 cm³/mol. The molecule has 4 aromatic carbocycles. The van der Waals surface area contributed by atoms with Gasteiger partial charge in [-0.1, -0.05) is 121 Å². The molecule has 4 aromatic rings. The minimum atomic E-state index is -0.859. The molecule has 0 atom stereocenters. The Morgan fingerprint density at radius 3 is 0.903 bits per heavy atom. The molecule has 0 radical (unpaired) electrons. The summed E-state index contributed by atoms with van der Waals surface area (Å²) in [6.07, 6.45) is 0. The largest absolute Gasteiger partial charge is 0.225 e. The van der Waals surface area contributed by atoms with E-state index in [1.807, 2.05) is 0 Å². The first-order valence-electron chi connectivity index (χ1n) is 10.3. The Balaban J connectivity index is 1.97. The van der Waals surface area contributed by atoms with Gasteiger partial charge in [-0.25, -0.2) is 4.44 Å². The molecule has 0 aromatic heterocycles. The Hall–Kier alpha value is -2.01. The maximum absolute atomic E-state index is 7.25. The highest BCUT2D eigenvalue weighted by atomic mass is 35.5.